The molecule has 7 aliphatic rings. The van der Waals surface area contributed by atoms with Gasteiger partial charge in [-0.05, 0) is 248 Å². The minimum atomic E-state index is 0.267. The predicted molar refractivity (Wildman–Crippen MR) is 553 cm³/mol. The fourth-order valence-corrected chi connectivity index (χ4v) is 19.0. The van der Waals surface area contributed by atoms with Gasteiger partial charge in [-0.2, -0.15) is 0 Å². The van der Waals surface area contributed by atoms with Crippen molar-refractivity contribution in [1.29, 1.82) is 0 Å². The molecule has 1 saturated carbocycles. The number of piperidine rings is 1. The van der Waals surface area contributed by atoms with Crippen LogP contribution in [-0.2, 0) is 49.7 Å². The number of hydrogen-bond acceptors (Lipinski definition) is 26. The van der Waals surface area contributed by atoms with Crippen molar-refractivity contribution >= 4 is 167 Å². The minimum Gasteiger partial charge on any atom is -0.373 e. The molecule has 0 spiro atoms. The Morgan fingerprint density at radius 2 is 0.886 bits per heavy atom. The van der Waals surface area contributed by atoms with Crippen LogP contribution in [0.2, 0.25) is 10.0 Å². The number of pyridine rings is 4. The fraction of sp³-hybridized carbons (Fsp3) is 0.360. The molecule has 2 saturated heterocycles. The maximum atomic E-state index is 6.22. The zero-order valence-corrected chi connectivity index (χ0v) is 81.3. The number of thiocarbonyl (C=S) groups is 4. The van der Waals surface area contributed by atoms with Crippen molar-refractivity contribution in [3.63, 3.8) is 0 Å². The molecule has 8 aromatic heterocycles. The maximum absolute atomic E-state index is 6.22. The third-order valence-electron chi connectivity index (χ3n) is 24.4. The average molecular weight is 1880 g/mol. The van der Waals surface area contributed by atoms with E-state index in [1.807, 2.05) is 101 Å². The summed E-state index contributed by atoms with van der Waals surface area (Å²) < 4.78 is 5.86. The molecule has 0 amide bonds. The van der Waals surface area contributed by atoms with E-state index in [9.17, 15) is 0 Å². The van der Waals surface area contributed by atoms with Crippen molar-refractivity contribution in [3.05, 3.63) is 230 Å². The van der Waals surface area contributed by atoms with Crippen molar-refractivity contribution in [3.8, 4) is 45.0 Å². The second kappa shape index (κ2) is 43.2. The molecule has 4 aromatic carbocycles. The van der Waals surface area contributed by atoms with Crippen LogP contribution in [0.1, 0.15) is 126 Å². The van der Waals surface area contributed by atoms with E-state index >= 15 is 0 Å². The number of halogens is 2. The molecule has 26 nitrogen and oxygen atoms in total. The van der Waals surface area contributed by atoms with Crippen molar-refractivity contribution < 1.29 is 4.74 Å². The van der Waals surface area contributed by atoms with E-state index in [1.54, 1.807) is 6.20 Å². The van der Waals surface area contributed by atoms with Crippen LogP contribution < -0.4 is 52.8 Å². The van der Waals surface area contributed by atoms with Crippen molar-refractivity contribution in [2.45, 2.75) is 163 Å². The normalized spacial score (nSPS) is 16.2. The predicted octanol–water partition coefficient (Wildman–Crippen LogP) is 19.9. The van der Waals surface area contributed by atoms with E-state index in [4.69, 9.17) is 102 Å². The van der Waals surface area contributed by atoms with Gasteiger partial charge in [-0.25, -0.2) is 44.9 Å². The summed E-state index contributed by atoms with van der Waals surface area (Å²) in [6.07, 6.45) is 29.6. The topological polar surface area (TPSA) is 285 Å². The van der Waals surface area contributed by atoms with Crippen LogP contribution >= 0.6 is 72.1 Å². The number of morpholine rings is 1. The van der Waals surface area contributed by atoms with Gasteiger partial charge >= 0.3 is 0 Å². The van der Waals surface area contributed by atoms with Crippen LogP contribution in [0.3, 0.4) is 0 Å². The monoisotopic (exact) mass is 1880 g/mol. The van der Waals surface area contributed by atoms with E-state index in [1.165, 1.54) is 53.5 Å². The van der Waals surface area contributed by atoms with Crippen LogP contribution in [0, 0.1) is 34.6 Å². The lowest BCUT2D eigenvalue weighted by molar-refractivity contribution is -0.0675. The maximum Gasteiger partial charge on any atom is 0.227 e. The highest BCUT2D eigenvalue weighted by Crippen LogP contribution is 2.41. The molecule has 32 heteroatoms. The lowest BCUT2D eigenvalue weighted by Crippen LogP contribution is -2.46. The molecule has 2 atom stereocenters. The second-order valence-electron chi connectivity index (χ2n) is 35.5. The van der Waals surface area contributed by atoms with E-state index in [2.05, 4.69) is 225 Å². The molecule has 3 fully saturated rings. The van der Waals surface area contributed by atoms with Gasteiger partial charge in [0.05, 0.1) is 101 Å². The number of benzene rings is 4. The summed E-state index contributed by atoms with van der Waals surface area (Å²) in [5.41, 5.74) is 27.5. The Balaban J connectivity index is 0.000000129. The molecule has 14 heterocycles. The van der Waals surface area contributed by atoms with Crippen LogP contribution in [0.4, 0.5) is 75.1 Å². The number of ether oxygens (including phenoxy) is 1. The molecule has 9 N–H and O–H groups in total. The number of aromatic nitrogens is 12. The van der Waals surface area contributed by atoms with Gasteiger partial charge in [-0.3, -0.25) is 19.9 Å². The third-order valence-corrected chi connectivity index (χ3v) is 25.9. The summed E-state index contributed by atoms with van der Waals surface area (Å²) in [5.74, 6) is 3.21. The van der Waals surface area contributed by atoms with Gasteiger partial charge in [-0.1, -0.05) is 109 Å². The Labute approximate surface area is 804 Å². The molecule has 6 aliphatic heterocycles. The lowest BCUT2D eigenvalue weighted by Gasteiger charge is -2.36. The van der Waals surface area contributed by atoms with E-state index < -0.39 is 0 Å². The number of aryl methyl sites for hydroxylation is 6. The molecule has 0 radical (unpaired) electrons. The zero-order chi connectivity index (χ0) is 92.2. The SMILES string of the molecule is Cc1ccc2c(c1)NC(=S)Cc1cnc(Nc3ccc(N4CCC(N(C)C)CC4)nc3C)nc1-2.Cc1ccc2c(c1)NC(=S)Cc1cnc(Nc3cncc(CCCN(C)C)c3)nc1-2.Cc1ncc(CCN2C[C@@H](C)O[C@@H](C)C2)cc1Nc1ncc2c(n1)-c1ccc(Cl)cc1NC(=S)C2.Cc1ncc(CCNC2CCCC2)cc1Nc1ncc2c(n1)-c1ccc(Cl)cc1NC(=S)C2. The Hall–Kier alpha value is -11.3. The number of rotatable bonds is 21. The number of nitrogens with zero attached hydrogens (tertiary/aromatic N) is 16. The molecule has 1 aliphatic carbocycles. The number of anilines is 13. The highest BCUT2D eigenvalue weighted by Gasteiger charge is 2.29. The summed E-state index contributed by atoms with van der Waals surface area (Å²) in [6.45, 7) is 21.4. The van der Waals surface area contributed by atoms with E-state index in [0.29, 0.717) is 76.6 Å². The largest absolute Gasteiger partial charge is 0.373 e. The van der Waals surface area contributed by atoms with Gasteiger partial charge in [0.1, 0.15) is 5.82 Å². The van der Waals surface area contributed by atoms with Crippen LogP contribution in [0.5, 0.6) is 0 Å². The summed E-state index contributed by atoms with van der Waals surface area (Å²) in [4.78, 5) is 68.5. The van der Waals surface area contributed by atoms with E-state index in [-0.39, 0.29) is 12.2 Å². The molecule has 0 bridgehead atoms. The molecule has 682 valence electrons. The van der Waals surface area contributed by atoms with E-state index in [0.717, 1.165) is 235 Å². The Morgan fingerprint density at radius 3 is 1.35 bits per heavy atom. The number of nitrogens with one attached hydrogen (secondary N) is 9. The highest BCUT2D eigenvalue weighted by atomic mass is 35.5. The smallest absolute Gasteiger partial charge is 0.227 e. The van der Waals surface area contributed by atoms with Crippen molar-refractivity contribution in [2.75, 3.05) is 121 Å². The van der Waals surface area contributed by atoms with Crippen LogP contribution in [0.15, 0.2) is 153 Å². The highest BCUT2D eigenvalue weighted by molar-refractivity contribution is 7.81. The Bertz CT molecular complexity index is 6260. The molecule has 12 aromatic rings. The fourth-order valence-electron chi connectivity index (χ4n) is 17.6. The lowest BCUT2D eigenvalue weighted by atomic mass is 10.0. The number of hydrogen-bond donors (Lipinski definition) is 9. The Kier molecular flexibility index (Phi) is 30.7. The van der Waals surface area contributed by atoms with Gasteiger partial charge in [-0.15, -0.1) is 0 Å². The second-order valence-corrected chi connectivity index (χ2v) is 38.4. The first kappa shape index (κ1) is 94.0. The summed E-state index contributed by atoms with van der Waals surface area (Å²) in [7, 11) is 8.51. The molecular formula is C100H113Cl2N25OS4. The Morgan fingerprint density at radius 1 is 0.447 bits per heavy atom. The first-order valence-electron chi connectivity index (χ1n) is 45.3. The van der Waals surface area contributed by atoms with Gasteiger partial charge in [0, 0.05) is 191 Å². The molecule has 19 rings (SSSR count). The van der Waals surface area contributed by atoms with Crippen LogP contribution in [0.25, 0.3) is 45.0 Å². The number of fused-ring (bicyclic) bond motifs is 12. The minimum absolute atomic E-state index is 0.267. The standard InChI is InChI=1S/C26H29ClN6OS.C26H31N7S.C25H27ClN6S.C23H26N6S/c1-15-13-33(14-16(2)34-15)7-6-18-8-22(17(3)28-11-18)31-26-29-12-19-9-24(35)30-23-10-20(27)4-5-21(23)25(19)32-26;1-16-5-6-20-22(13-16)29-24(34)14-18-15-27-26(31-25(18)20)30-21-7-8-23(28-17(21)2)33-11-9-19(10-12-33)32(3)4;1-15-21(10-16(13-28-15)8-9-27-19-4-2-3-5-19)31-25-29-14-17-11-23(33)30-22-12-18(26)6-7-20(22)24(17)32-25;1-15-6-7-19-20(9-15)27-21(30)11-17-13-25-23(28-22(17)19)26-18-10-16(12-24-14-18)5-4-8-29(2)3/h4-5,8,10-12,15-16H,6-7,9,13-14H2,1-3H3,(H,30,35)(H,29,31,32);5-8,13,15,19H,9-12,14H2,1-4H3,(H,29,34)(H,27,30,31);6-7,10,12-14,19,27H,2-5,8-9,11H2,1H3,(H,30,33)(H,29,31,32);6-7,9-10,12-14H,4-5,8,11H2,1-3H3,(H,27,30)(H,25,26,28)/t15-,16+;;;. The quantitative estimate of drug-likeness (QED) is 0.0302. The van der Waals surface area contributed by atoms with Gasteiger partial charge in [0.2, 0.25) is 23.8 Å². The zero-order valence-electron chi connectivity index (χ0n) is 76.5. The van der Waals surface area contributed by atoms with Crippen LogP contribution in [-0.4, -0.2) is 193 Å². The first-order chi connectivity index (χ1) is 63.7. The summed E-state index contributed by atoms with van der Waals surface area (Å²) in [6, 6.07) is 35.9. The summed E-state index contributed by atoms with van der Waals surface area (Å²) >= 11 is 34.4. The van der Waals surface area contributed by atoms with Gasteiger partial charge in [0.25, 0.3) is 0 Å². The molecule has 0 unspecified atom stereocenters. The third kappa shape index (κ3) is 24.4. The van der Waals surface area contributed by atoms with Crippen molar-refractivity contribution in [1.82, 2.24) is 79.8 Å². The van der Waals surface area contributed by atoms with Crippen molar-refractivity contribution in [2.24, 2.45) is 0 Å². The molecule has 132 heavy (non-hydrogen) atoms. The first-order valence-corrected chi connectivity index (χ1v) is 47.7. The summed E-state index contributed by atoms with van der Waals surface area (Å²) in [5, 5.41) is 31.7. The van der Waals surface area contributed by atoms with Gasteiger partial charge in [0.15, 0.2) is 0 Å². The molecular weight excluding hydrogens is 1770 g/mol. The average Bonchev–Trinajstić information content (AvgIpc) is 1.72. The van der Waals surface area contributed by atoms with Gasteiger partial charge < -0.3 is 67.3 Å².